The van der Waals surface area contributed by atoms with Crippen molar-refractivity contribution in [3.8, 4) is 17.1 Å². The molecular formula is C22H29N3O5. The molecule has 0 saturated heterocycles. The smallest absolute Gasteiger partial charge is 0.277 e. The molecular weight excluding hydrogens is 386 g/mol. The van der Waals surface area contributed by atoms with E-state index in [1.165, 1.54) is 4.57 Å². The SMILES string of the molecule is CCc1nc(-c2cc3c(cc2OC)C(=O)CC3)n(C)c(=O)c1NC(COC)COC. The number of benzene rings is 1. The number of nitrogens with zero attached hydrogens (tertiary/aromatic N) is 2. The molecule has 3 rings (SSSR count). The van der Waals surface area contributed by atoms with Gasteiger partial charge in [0.1, 0.15) is 17.3 Å². The molecule has 2 aromatic rings. The maximum atomic E-state index is 13.3. The third-order valence-electron chi connectivity index (χ3n) is 5.37. The summed E-state index contributed by atoms with van der Waals surface area (Å²) in [5, 5.41) is 3.24. The van der Waals surface area contributed by atoms with Crippen LogP contribution in [-0.2, 0) is 29.4 Å². The molecule has 0 spiro atoms. The second-order valence-corrected chi connectivity index (χ2v) is 7.36. The molecule has 1 heterocycles. The van der Waals surface area contributed by atoms with Crippen LogP contribution in [0.25, 0.3) is 11.4 Å². The first-order chi connectivity index (χ1) is 14.4. The zero-order valence-corrected chi connectivity index (χ0v) is 18.2. The first kappa shape index (κ1) is 22.0. The highest BCUT2D eigenvalue weighted by atomic mass is 16.5. The lowest BCUT2D eigenvalue weighted by Gasteiger charge is -2.21. The van der Waals surface area contributed by atoms with Gasteiger partial charge in [0.05, 0.1) is 37.6 Å². The predicted molar refractivity (Wildman–Crippen MR) is 115 cm³/mol. The average molecular weight is 415 g/mol. The van der Waals surface area contributed by atoms with Crippen LogP contribution in [0.1, 0.15) is 35.0 Å². The number of Topliss-reactive ketones (excluding diaryl/α,β-unsaturated/α-hetero) is 1. The van der Waals surface area contributed by atoms with E-state index in [1.54, 1.807) is 34.4 Å². The van der Waals surface area contributed by atoms with E-state index in [0.29, 0.717) is 66.6 Å². The normalized spacial score (nSPS) is 13.1. The van der Waals surface area contributed by atoms with Crippen molar-refractivity contribution in [2.45, 2.75) is 32.2 Å². The first-order valence-corrected chi connectivity index (χ1v) is 10.0. The lowest BCUT2D eigenvalue weighted by atomic mass is 10.0. The number of hydrogen-bond donors (Lipinski definition) is 1. The standard InChI is InChI=1S/C22H29N3O5/c1-6-17-20(23-14(11-28-3)12-29-4)22(27)25(2)21(24-17)16-9-13-7-8-18(26)15(13)10-19(16)30-5/h9-10,14,23H,6-8,11-12H2,1-5H3. The Morgan fingerprint density at radius 3 is 2.40 bits per heavy atom. The number of ketones is 1. The molecule has 0 aliphatic heterocycles. The fraction of sp³-hybridized carbons (Fsp3) is 0.500. The van der Waals surface area contributed by atoms with Gasteiger partial charge in [-0.25, -0.2) is 4.98 Å². The van der Waals surface area contributed by atoms with Crippen molar-refractivity contribution < 1.29 is 19.0 Å². The molecule has 0 bridgehead atoms. The fourth-order valence-corrected chi connectivity index (χ4v) is 3.84. The van der Waals surface area contributed by atoms with Crippen molar-refractivity contribution >= 4 is 11.5 Å². The van der Waals surface area contributed by atoms with Crippen LogP contribution in [0.3, 0.4) is 0 Å². The van der Waals surface area contributed by atoms with E-state index < -0.39 is 0 Å². The van der Waals surface area contributed by atoms with E-state index in [1.807, 2.05) is 13.0 Å². The minimum absolute atomic E-state index is 0.118. The number of carbonyl (C=O) groups excluding carboxylic acids is 1. The van der Waals surface area contributed by atoms with Crippen molar-refractivity contribution in [2.24, 2.45) is 7.05 Å². The van der Waals surface area contributed by atoms with E-state index in [4.69, 9.17) is 19.2 Å². The van der Waals surface area contributed by atoms with Crippen molar-refractivity contribution in [2.75, 3.05) is 39.9 Å². The highest BCUT2D eigenvalue weighted by molar-refractivity contribution is 6.01. The van der Waals surface area contributed by atoms with Crippen LogP contribution in [0.2, 0.25) is 0 Å². The maximum Gasteiger partial charge on any atom is 0.277 e. The average Bonchev–Trinajstić information content (AvgIpc) is 3.11. The molecule has 0 unspecified atom stereocenters. The molecule has 30 heavy (non-hydrogen) atoms. The first-order valence-electron chi connectivity index (χ1n) is 10.0. The zero-order chi connectivity index (χ0) is 21.8. The van der Waals surface area contributed by atoms with E-state index >= 15 is 0 Å². The number of nitrogens with one attached hydrogen (secondary N) is 1. The minimum atomic E-state index is -0.187. The van der Waals surface area contributed by atoms with Crippen molar-refractivity contribution in [1.82, 2.24) is 9.55 Å². The number of ether oxygens (including phenoxy) is 3. The molecule has 0 amide bonds. The number of rotatable bonds is 9. The monoisotopic (exact) mass is 415 g/mol. The van der Waals surface area contributed by atoms with Crippen molar-refractivity contribution in [3.05, 3.63) is 39.3 Å². The molecule has 1 aromatic carbocycles. The number of aryl methyl sites for hydroxylation is 2. The summed E-state index contributed by atoms with van der Waals surface area (Å²) in [6.45, 7) is 2.75. The lowest BCUT2D eigenvalue weighted by molar-refractivity contribution is 0.0994. The molecule has 1 N–H and O–H groups in total. The second kappa shape index (κ2) is 9.40. The molecule has 8 heteroatoms. The van der Waals surface area contributed by atoms with Crippen LogP contribution < -0.4 is 15.6 Å². The maximum absolute atomic E-state index is 13.3. The second-order valence-electron chi connectivity index (χ2n) is 7.36. The van der Waals surface area contributed by atoms with Crippen LogP contribution in [-0.4, -0.2) is 55.9 Å². The van der Waals surface area contributed by atoms with Crippen LogP contribution in [0.15, 0.2) is 16.9 Å². The molecule has 0 atom stereocenters. The quantitative estimate of drug-likeness (QED) is 0.671. The largest absolute Gasteiger partial charge is 0.496 e. The van der Waals surface area contributed by atoms with Gasteiger partial charge in [0.15, 0.2) is 5.78 Å². The van der Waals surface area contributed by atoms with E-state index in [0.717, 1.165) is 5.56 Å². The molecule has 8 nitrogen and oxygen atoms in total. The Morgan fingerprint density at radius 1 is 1.10 bits per heavy atom. The third-order valence-corrected chi connectivity index (χ3v) is 5.37. The summed E-state index contributed by atoms with van der Waals surface area (Å²) in [7, 11) is 6.46. The van der Waals surface area contributed by atoms with Crippen molar-refractivity contribution in [3.63, 3.8) is 0 Å². The van der Waals surface area contributed by atoms with Gasteiger partial charge in [-0.05, 0) is 30.5 Å². The number of carbonyl (C=O) groups is 1. The lowest BCUT2D eigenvalue weighted by Crippen LogP contribution is -2.35. The number of aromatic nitrogens is 2. The van der Waals surface area contributed by atoms with Crippen molar-refractivity contribution in [1.29, 1.82) is 0 Å². The summed E-state index contributed by atoms with van der Waals surface area (Å²) in [5.41, 5.74) is 3.27. The van der Waals surface area contributed by atoms with Gasteiger partial charge in [0.2, 0.25) is 0 Å². The topological polar surface area (TPSA) is 91.7 Å². The van der Waals surface area contributed by atoms with E-state index in [9.17, 15) is 9.59 Å². The molecule has 1 aliphatic carbocycles. The van der Waals surface area contributed by atoms with E-state index in [2.05, 4.69) is 5.32 Å². The molecule has 162 valence electrons. The summed E-state index contributed by atoms with van der Waals surface area (Å²) in [6.07, 6.45) is 1.76. The Bertz CT molecular complexity index is 993. The zero-order valence-electron chi connectivity index (χ0n) is 18.2. The fourth-order valence-electron chi connectivity index (χ4n) is 3.84. The Kier molecular flexibility index (Phi) is 6.89. The van der Waals surface area contributed by atoms with Gasteiger partial charge < -0.3 is 19.5 Å². The van der Waals surface area contributed by atoms with Crippen LogP contribution in [0.4, 0.5) is 5.69 Å². The predicted octanol–water partition coefficient (Wildman–Crippen LogP) is 2.22. The molecule has 1 aromatic heterocycles. The summed E-state index contributed by atoms with van der Waals surface area (Å²) in [5.74, 6) is 1.16. The summed E-state index contributed by atoms with van der Waals surface area (Å²) >= 11 is 0. The summed E-state index contributed by atoms with van der Waals surface area (Å²) < 4.78 is 17.5. The van der Waals surface area contributed by atoms with Gasteiger partial charge >= 0.3 is 0 Å². The molecule has 0 saturated carbocycles. The van der Waals surface area contributed by atoms with Crippen LogP contribution >= 0.6 is 0 Å². The van der Waals surface area contributed by atoms with Gasteiger partial charge in [-0.2, -0.15) is 0 Å². The Morgan fingerprint density at radius 2 is 1.80 bits per heavy atom. The highest BCUT2D eigenvalue weighted by Crippen LogP contribution is 2.35. The minimum Gasteiger partial charge on any atom is -0.496 e. The van der Waals surface area contributed by atoms with Crippen LogP contribution in [0, 0.1) is 0 Å². The third kappa shape index (κ3) is 4.11. The highest BCUT2D eigenvalue weighted by Gasteiger charge is 2.25. The number of methoxy groups -OCH3 is 3. The van der Waals surface area contributed by atoms with Gasteiger partial charge in [0, 0.05) is 33.3 Å². The Balaban J connectivity index is 2.11. The number of anilines is 1. The Labute approximate surface area is 176 Å². The summed E-state index contributed by atoms with van der Waals surface area (Å²) in [4.78, 5) is 30.2. The molecule has 0 radical (unpaired) electrons. The van der Waals surface area contributed by atoms with E-state index in [-0.39, 0.29) is 17.4 Å². The number of hydrogen-bond acceptors (Lipinski definition) is 7. The number of fused-ring (bicyclic) bond motifs is 1. The van der Waals surface area contributed by atoms with Gasteiger partial charge in [-0.15, -0.1) is 0 Å². The Hall–Kier alpha value is -2.71. The van der Waals surface area contributed by atoms with Crippen LogP contribution in [0.5, 0.6) is 5.75 Å². The van der Waals surface area contributed by atoms with Gasteiger partial charge in [-0.1, -0.05) is 6.92 Å². The molecule has 0 fully saturated rings. The molecule has 1 aliphatic rings. The van der Waals surface area contributed by atoms with Gasteiger partial charge in [0.25, 0.3) is 5.56 Å². The summed E-state index contributed by atoms with van der Waals surface area (Å²) in [6, 6.07) is 3.51. The van der Waals surface area contributed by atoms with Gasteiger partial charge in [-0.3, -0.25) is 14.2 Å².